The van der Waals surface area contributed by atoms with Gasteiger partial charge in [0.2, 0.25) is 0 Å². The molecule has 1 amide bonds. The lowest BCUT2D eigenvalue weighted by atomic mass is 10.1. The summed E-state index contributed by atoms with van der Waals surface area (Å²) >= 11 is 0. The molecule has 2 heterocycles. The van der Waals surface area contributed by atoms with Crippen LogP contribution in [0.2, 0.25) is 0 Å². The van der Waals surface area contributed by atoms with Gasteiger partial charge in [0, 0.05) is 18.2 Å². The number of rotatable bonds is 5. The average molecular weight is 302 g/mol. The number of aryl methyl sites for hydroxylation is 2. The summed E-state index contributed by atoms with van der Waals surface area (Å²) < 4.78 is 5.02. The summed E-state index contributed by atoms with van der Waals surface area (Å²) in [5.74, 6) is -0.434. The van der Waals surface area contributed by atoms with Crippen molar-refractivity contribution in [1.82, 2.24) is 10.3 Å². The Balaban J connectivity index is 2.06. The van der Waals surface area contributed by atoms with Gasteiger partial charge in [-0.05, 0) is 44.5 Å². The van der Waals surface area contributed by atoms with Crippen LogP contribution in [0.15, 0.2) is 33.7 Å². The third-order valence-corrected chi connectivity index (χ3v) is 3.26. The molecular formula is C16H18N2O4. The van der Waals surface area contributed by atoms with Crippen molar-refractivity contribution >= 4 is 11.7 Å². The van der Waals surface area contributed by atoms with Gasteiger partial charge in [0.05, 0.1) is 6.26 Å². The first-order valence-electron chi connectivity index (χ1n) is 6.96. The third-order valence-electron chi connectivity index (χ3n) is 3.26. The van der Waals surface area contributed by atoms with Crippen molar-refractivity contribution < 1.29 is 14.0 Å². The summed E-state index contributed by atoms with van der Waals surface area (Å²) in [5, 5.41) is 2.67. The van der Waals surface area contributed by atoms with Crippen LogP contribution in [0.4, 0.5) is 0 Å². The largest absolute Gasteiger partial charge is 0.461 e. The summed E-state index contributed by atoms with van der Waals surface area (Å²) in [6.45, 7) is 5.16. The van der Waals surface area contributed by atoms with E-state index in [0.29, 0.717) is 11.3 Å². The fourth-order valence-electron chi connectivity index (χ4n) is 2.30. The highest BCUT2D eigenvalue weighted by molar-refractivity contribution is 5.97. The first-order valence-corrected chi connectivity index (χ1v) is 6.96. The summed E-state index contributed by atoms with van der Waals surface area (Å²) in [6, 6.07) is 4.53. The molecule has 1 unspecified atom stereocenters. The molecule has 116 valence electrons. The minimum absolute atomic E-state index is 0.0721. The third kappa shape index (κ3) is 3.52. The molecule has 0 aliphatic rings. The van der Waals surface area contributed by atoms with Gasteiger partial charge in [-0.25, -0.2) is 0 Å². The summed E-state index contributed by atoms with van der Waals surface area (Å²) in [5.41, 5.74) is 0.936. The number of carbonyl (C=O) groups is 2. The van der Waals surface area contributed by atoms with Gasteiger partial charge in [-0.15, -0.1) is 0 Å². The van der Waals surface area contributed by atoms with E-state index in [2.05, 4.69) is 10.3 Å². The summed E-state index contributed by atoms with van der Waals surface area (Å²) in [6.07, 6.45) is 1.52. The van der Waals surface area contributed by atoms with Crippen molar-refractivity contribution in [2.24, 2.45) is 0 Å². The average Bonchev–Trinajstić information content (AvgIpc) is 2.90. The number of aromatic amines is 1. The molecule has 0 radical (unpaired) electrons. The molecule has 0 spiro atoms. The molecule has 6 heteroatoms. The van der Waals surface area contributed by atoms with E-state index in [1.165, 1.54) is 6.26 Å². The standard InChI is InChI=1S/C16H18N2O4/c1-9-7-10(2)17-15(20)14(9)16(21)18-11(3)8-12(19)13-5-4-6-22-13/h4-7,11H,8H2,1-3H3,(H,17,20)(H,18,21). The van der Waals surface area contributed by atoms with Gasteiger partial charge < -0.3 is 14.7 Å². The lowest BCUT2D eigenvalue weighted by molar-refractivity contribution is 0.0906. The van der Waals surface area contributed by atoms with Crippen LogP contribution in [0.25, 0.3) is 0 Å². The number of pyridine rings is 1. The maximum absolute atomic E-state index is 12.2. The van der Waals surface area contributed by atoms with E-state index in [9.17, 15) is 14.4 Å². The van der Waals surface area contributed by atoms with Crippen LogP contribution in [-0.4, -0.2) is 22.7 Å². The van der Waals surface area contributed by atoms with Gasteiger partial charge >= 0.3 is 0 Å². The molecule has 0 bridgehead atoms. The predicted octanol–water partition coefficient (Wildman–Crippen LogP) is 1.98. The number of carbonyl (C=O) groups excluding carboxylic acids is 2. The van der Waals surface area contributed by atoms with Crippen LogP contribution in [-0.2, 0) is 0 Å². The molecule has 0 saturated carbocycles. The van der Waals surface area contributed by atoms with Crippen molar-refractivity contribution in [3.63, 3.8) is 0 Å². The number of ketones is 1. The van der Waals surface area contributed by atoms with Crippen molar-refractivity contribution in [3.05, 3.63) is 57.4 Å². The van der Waals surface area contributed by atoms with E-state index in [0.717, 1.165) is 0 Å². The number of Topliss-reactive ketones (excluding diaryl/α,β-unsaturated/α-hetero) is 1. The summed E-state index contributed by atoms with van der Waals surface area (Å²) in [4.78, 5) is 38.6. The van der Waals surface area contributed by atoms with Crippen LogP contribution in [0, 0.1) is 13.8 Å². The fraction of sp³-hybridized carbons (Fsp3) is 0.312. The quantitative estimate of drug-likeness (QED) is 0.826. The van der Waals surface area contributed by atoms with Crippen LogP contribution < -0.4 is 10.9 Å². The molecule has 0 aromatic carbocycles. The van der Waals surface area contributed by atoms with Gasteiger partial charge in [0.25, 0.3) is 11.5 Å². The van der Waals surface area contributed by atoms with Crippen LogP contribution >= 0.6 is 0 Å². The topological polar surface area (TPSA) is 92.2 Å². The van der Waals surface area contributed by atoms with E-state index in [4.69, 9.17) is 4.42 Å². The van der Waals surface area contributed by atoms with Crippen molar-refractivity contribution in [3.8, 4) is 0 Å². The highest BCUT2D eigenvalue weighted by atomic mass is 16.3. The number of aromatic nitrogens is 1. The van der Waals surface area contributed by atoms with E-state index >= 15 is 0 Å². The molecular weight excluding hydrogens is 284 g/mol. The molecule has 2 aromatic heterocycles. The van der Waals surface area contributed by atoms with Crippen molar-refractivity contribution in [2.75, 3.05) is 0 Å². The highest BCUT2D eigenvalue weighted by Crippen LogP contribution is 2.08. The zero-order valence-corrected chi connectivity index (χ0v) is 12.7. The molecule has 0 aliphatic carbocycles. The molecule has 22 heavy (non-hydrogen) atoms. The smallest absolute Gasteiger partial charge is 0.261 e. The molecule has 1 atom stereocenters. The number of H-pyrrole nitrogens is 1. The minimum Gasteiger partial charge on any atom is -0.461 e. The normalized spacial score (nSPS) is 12.0. The Labute approximate surface area is 127 Å². The molecule has 0 aliphatic heterocycles. The first kappa shape index (κ1) is 15.8. The monoisotopic (exact) mass is 302 g/mol. The van der Waals surface area contributed by atoms with E-state index in [1.54, 1.807) is 39.0 Å². The fourth-order valence-corrected chi connectivity index (χ4v) is 2.30. The van der Waals surface area contributed by atoms with Crippen molar-refractivity contribution in [2.45, 2.75) is 33.2 Å². The van der Waals surface area contributed by atoms with Gasteiger partial charge in [0.15, 0.2) is 11.5 Å². The molecule has 2 aromatic rings. The van der Waals surface area contributed by atoms with Crippen LogP contribution in [0.5, 0.6) is 0 Å². The number of amides is 1. The Bertz CT molecular complexity index is 744. The Morgan fingerprint density at radius 1 is 1.36 bits per heavy atom. The molecule has 0 fully saturated rings. The number of nitrogens with one attached hydrogen (secondary N) is 2. The lowest BCUT2D eigenvalue weighted by Crippen LogP contribution is -2.37. The molecule has 2 N–H and O–H groups in total. The summed E-state index contributed by atoms with van der Waals surface area (Å²) in [7, 11) is 0. The van der Waals surface area contributed by atoms with E-state index < -0.39 is 17.5 Å². The predicted molar refractivity (Wildman–Crippen MR) is 81.1 cm³/mol. The van der Waals surface area contributed by atoms with Crippen LogP contribution in [0.3, 0.4) is 0 Å². The van der Waals surface area contributed by atoms with E-state index in [1.807, 2.05) is 0 Å². The molecule has 0 saturated heterocycles. The molecule has 2 rings (SSSR count). The zero-order chi connectivity index (χ0) is 16.3. The van der Waals surface area contributed by atoms with Gasteiger partial charge in [-0.3, -0.25) is 14.4 Å². The molecule has 6 nitrogen and oxygen atoms in total. The Morgan fingerprint density at radius 3 is 2.68 bits per heavy atom. The van der Waals surface area contributed by atoms with Gasteiger partial charge in [0.1, 0.15) is 5.56 Å². The maximum atomic E-state index is 12.2. The van der Waals surface area contributed by atoms with Gasteiger partial charge in [-0.1, -0.05) is 0 Å². The first-order chi connectivity index (χ1) is 10.4. The Hall–Kier alpha value is -2.63. The zero-order valence-electron chi connectivity index (χ0n) is 12.7. The number of hydrogen-bond donors (Lipinski definition) is 2. The second kappa shape index (κ2) is 6.43. The van der Waals surface area contributed by atoms with Crippen molar-refractivity contribution in [1.29, 1.82) is 0 Å². The highest BCUT2D eigenvalue weighted by Gasteiger charge is 2.19. The Kier molecular flexibility index (Phi) is 4.60. The lowest BCUT2D eigenvalue weighted by Gasteiger charge is -2.13. The number of hydrogen-bond acceptors (Lipinski definition) is 4. The second-order valence-electron chi connectivity index (χ2n) is 5.32. The maximum Gasteiger partial charge on any atom is 0.261 e. The second-order valence-corrected chi connectivity index (χ2v) is 5.32. The SMILES string of the molecule is Cc1cc(C)c(C(=O)NC(C)CC(=O)c2ccco2)c(=O)[nH]1. The minimum atomic E-state index is -0.488. The Morgan fingerprint density at radius 2 is 2.09 bits per heavy atom. The number of furan rings is 1. The van der Waals surface area contributed by atoms with Gasteiger partial charge in [-0.2, -0.15) is 0 Å². The van der Waals surface area contributed by atoms with Crippen LogP contribution in [0.1, 0.15) is 45.5 Å². The van der Waals surface area contributed by atoms with E-state index in [-0.39, 0.29) is 23.5 Å².